The van der Waals surface area contributed by atoms with Gasteiger partial charge >= 0.3 is 0 Å². The largest absolute Gasteiger partial charge is 0.490 e. The maximum atomic E-state index is 12.2. The molecule has 1 aromatic carbocycles. The molecule has 0 spiro atoms. The van der Waals surface area contributed by atoms with E-state index in [1.54, 1.807) is 24.4 Å². The average Bonchev–Trinajstić information content (AvgIpc) is 2.71. The van der Waals surface area contributed by atoms with Crippen LogP contribution >= 0.6 is 0 Å². The molecule has 21 heavy (non-hydrogen) atoms. The van der Waals surface area contributed by atoms with E-state index >= 15 is 0 Å². The van der Waals surface area contributed by atoms with Gasteiger partial charge in [-0.1, -0.05) is 0 Å². The lowest BCUT2D eigenvalue weighted by atomic mass is 10.2. The second-order valence-electron chi connectivity index (χ2n) is 4.88. The standard InChI is InChI=1S/C16H16N2O3/c1-11-5-6-17-15(9-11)18-16(19)12-3-4-13-14(10-12)21-8-2-7-20-13/h3-6,9-10H,2,7-8H2,1H3,(H,17,18,19). The Morgan fingerprint density at radius 3 is 2.76 bits per heavy atom. The fourth-order valence-electron chi connectivity index (χ4n) is 2.10. The van der Waals surface area contributed by atoms with E-state index in [2.05, 4.69) is 10.3 Å². The molecule has 1 aliphatic rings. The van der Waals surface area contributed by atoms with E-state index in [1.165, 1.54) is 0 Å². The molecule has 0 aliphatic carbocycles. The Balaban J connectivity index is 1.80. The number of carbonyl (C=O) groups excluding carboxylic acids is 1. The van der Waals surface area contributed by atoms with E-state index in [4.69, 9.17) is 9.47 Å². The molecule has 3 rings (SSSR count). The monoisotopic (exact) mass is 284 g/mol. The van der Waals surface area contributed by atoms with Gasteiger partial charge in [0.05, 0.1) is 13.2 Å². The third kappa shape index (κ3) is 3.13. The first-order valence-corrected chi connectivity index (χ1v) is 6.86. The molecule has 2 aromatic rings. The van der Waals surface area contributed by atoms with Crippen LogP contribution in [0, 0.1) is 6.92 Å². The molecule has 0 unspecified atom stereocenters. The third-order valence-electron chi connectivity index (χ3n) is 3.17. The van der Waals surface area contributed by atoms with Gasteiger partial charge in [-0.05, 0) is 42.8 Å². The Morgan fingerprint density at radius 1 is 1.14 bits per heavy atom. The highest BCUT2D eigenvalue weighted by Crippen LogP contribution is 2.30. The molecule has 1 aliphatic heterocycles. The summed E-state index contributed by atoms with van der Waals surface area (Å²) in [5, 5.41) is 2.78. The number of amides is 1. The maximum absolute atomic E-state index is 12.2. The summed E-state index contributed by atoms with van der Waals surface area (Å²) in [5.74, 6) is 1.60. The van der Waals surface area contributed by atoms with Crippen LogP contribution in [0.25, 0.3) is 0 Å². The van der Waals surface area contributed by atoms with Crippen LogP contribution < -0.4 is 14.8 Å². The number of hydrogen-bond acceptors (Lipinski definition) is 4. The number of ether oxygens (including phenoxy) is 2. The Hall–Kier alpha value is -2.56. The highest BCUT2D eigenvalue weighted by atomic mass is 16.5. The van der Waals surface area contributed by atoms with Crippen molar-refractivity contribution in [3.63, 3.8) is 0 Å². The number of hydrogen-bond donors (Lipinski definition) is 1. The minimum absolute atomic E-state index is 0.219. The zero-order valence-corrected chi connectivity index (χ0v) is 11.8. The molecule has 1 amide bonds. The lowest BCUT2D eigenvalue weighted by molar-refractivity contribution is 0.102. The maximum Gasteiger partial charge on any atom is 0.256 e. The number of pyridine rings is 1. The van der Waals surface area contributed by atoms with Gasteiger partial charge in [0.2, 0.25) is 0 Å². The second-order valence-corrected chi connectivity index (χ2v) is 4.88. The number of fused-ring (bicyclic) bond motifs is 1. The van der Waals surface area contributed by atoms with Crippen LogP contribution in [0.5, 0.6) is 11.5 Å². The highest BCUT2D eigenvalue weighted by molar-refractivity contribution is 6.04. The summed E-state index contributed by atoms with van der Waals surface area (Å²) < 4.78 is 11.1. The Labute approximate surface area is 122 Å². The summed E-state index contributed by atoms with van der Waals surface area (Å²) in [6, 6.07) is 8.88. The van der Waals surface area contributed by atoms with Crippen molar-refractivity contribution in [2.24, 2.45) is 0 Å². The van der Waals surface area contributed by atoms with Gasteiger partial charge in [-0.3, -0.25) is 4.79 Å². The highest BCUT2D eigenvalue weighted by Gasteiger charge is 2.14. The number of carbonyl (C=O) groups is 1. The van der Waals surface area contributed by atoms with E-state index in [0.717, 1.165) is 12.0 Å². The molecule has 0 atom stereocenters. The van der Waals surface area contributed by atoms with Gasteiger partial charge in [-0.2, -0.15) is 0 Å². The summed E-state index contributed by atoms with van der Waals surface area (Å²) in [7, 11) is 0. The number of anilines is 1. The van der Waals surface area contributed by atoms with Crippen LogP contribution in [0.2, 0.25) is 0 Å². The van der Waals surface area contributed by atoms with E-state index in [0.29, 0.717) is 36.1 Å². The molecule has 0 fully saturated rings. The Bertz CT molecular complexity index is 670. The molecule has 0 saturated carbocycles. The molecule has 1 N–H and O–H groups in total. The van der Waals surface area contributed by atoms with E-state index in [9.17, 15) is 4.79 Å². The van der Waals surface area contributed by atoms with Crippen LogP contribution in [-0.2, 0) is 0 Å². The Kier molecular flexibility index (Phi) is 3.73. The van der Waals surface area contributed by atoms with Crippen molar-refractivity contribution in [3.05, 3.63) is 47.7 Å². The van der Waals surface area contributed by atoms with Crippen molar-refractivity contribution >= 4 is 11.7 Å². The molecular weight excluding hydrogens is 268 g/mol. The predicted octanol–water partition coefficient (Wildman–Crippen LogP) is 2.80. The van der Waals surface area contributed by atoms with Gasteiger partial charge < -0.3 is 14.8 Å². The van der Waals surface area contributed by atoms with Crippen molar-refractivity contribution in [1.82, 2.24) is 4.98 Å². The summed E-state index contributed by atoms with van der Waals surface area (Å²) in [5.41, 5.74) is 1.56. The summed E-state index contributed by atoms with van der Waals surface area (Å²) in [6.45, 7) is 3.17. The number of aromatic nitrogens is 1. The number of nitrogens with one attached hydrogen (secondary N) is 1. The zero-order chi connectivity index (χ0) is 14.7. The van der Waals surface area contributed by atoms with Gasteiger partial charge in [-0.25, -0.2) is 4.98 Å². The van der Waals surface area contributed by atoms with E-state index < -0.39 is 0 Å². The van der Waals surface area contributed by atoms with Crippen LogP contribution in [-0.4, -0.2) is 24.1 Å². The van der Waals surface area contributed by atoms with Crippen LogP contribution in [0.1, 0.15) is 22.3 Å². The van der Waals surface area contributed by atoms with Crippen molar-refractivity contribution in [2.45, 2.75) is 13.3 Å². The molecule has 5 heteroatoms. The minimum atomic E-state index is -0.219. The molecular formula is C16H16N2O3. The zero-order valence-electron chi connectivity index (χ0n) is 11.8. The molecule has 0 radical (unpaired) electrons. The first kappa shape index (κ1) is 13.4. The average molecular weight is 284 g/mol. The summed E-state index contributed by atoms with van der Waals surface area (Å²) >= 11 is 0. The van der Waals surface area contributed by atoms with Gasteiger partial charge in [-0.15, -0.1) is 0 Å². The fourth-order valence-corrected chi connectivity index (χ4v) is 2.10. The number of rotatable bonds is 2. The number of nitrogens with zero attached hydrogens (tertiary/aromatic N) is 1. The molecule has 2 heterocycles. The molecule has 5 nitrogen and oxygen atoms in total. The van der Waals surface area contributed by atoms with Gasteiger partial charge in [0.25, 0.3) is 5.91 Å². The van der Waals surface area contributed by atoms with Crippen molar-refractivity contribution in [1.29, 1.82) is 0 Å². The topological polar surface area (TPSA) is 60.5 Å². The first-order chi connectivity index (χ1) is 10.2. The summed E-state index contributed by atoms with van der Waals surface area (Å²) in [6.07, 6.45) is 2.50. The minimum Gasteiger partial charge on any atom is -0.490 e. The molecule has 1 aromatic heterocycles. The third-order valence-corrected chi connectivity index (χ3v) is 3.17. The van der Waals surface area contributed by atoms with E-state index in [1.807, 2.05) is 19.1 Å². The Morgan fingerprint density at radius 2 is 1.95 bits per heavy atom. The number of aryl methyl sites for hydroxylation is 1. The van der Waals surface area contributed by atoms with Crippen molar-refractivity contribution in [3.8, 4) is 11.5 Å². The summed E-state index contributed by atoms with van der Waals surface area (Å²) in [4.78, 5) is 16.4. The van der Waals surface area contributed by atoms with E-state index in [-0.39, 0.29) is 5.91 Å². The molecule has 0 bridgehead atoms. The molecule has 0 saturated heterocycles. The van der Waals surface area contributed by atoms with Crippen LogP contribution in [0.4, 0.5) is 5.82 Å². The normalized spacial score (nSPS) is 13.4. The van der Waals surface area contributed by atoms with Gasteiger partial charge in [0, 0.05) is 18.2 Å². The van der Waals surface area contributed by atoms with Crippen molar-refractivity contribution in [2.75, 3.05) is 18.5 Å². The fraction of sp³-hybridized carbons (Fsp3) is 0.250. The van der Waals surface area contributed by atoms with Crippen molar-refractivity contribution < 1.29 is 14.3 Å². The smallest absolute Gasteiger partial charge is 0.256 e. The van der Waals surface area contributed by atoms with Gasteiger partial charge in [0.1, 0.15) is 5.82 Å². The quantitative estimate of drug-likeness (QED) is 0.921. The van der Waals surface area contributed by atoms with Crippen LogP contribution in [0.3, 0.4) is 0 Å². The van der Waals surface area contributed by atoms with Crippen LogP contribution in [0.15, 0.2) is 36.5 Å². The lowest BCUT2D eigenvalue weighted by Crippen LogP contribution is -2.13. The number of benzene rings is 1. The second kappa shape index (κ2) is 5.83. The lowest BCUT2D eigenvalue weighted by Gasteiger charge is -2.09. The first-order valence-electron chi connectivity index (χ1n) is 6.86. The predicted molar refractivity (Wildman–Crippen MR) is 79.0 cm³/mol. The molecule has 108 valence electrons. The van der Waals surface area contributed by atoms with Gasteiger partial charge in [0.15, 0.2) is 11.5 Å². The SMILES string of the molecule is Cc1ccnc(NC(=O)c2ccc3c(c2)OCCCO3)c1.